The Morgan fingerprint density at radius 2 is 1.86 bits per heavy atom. The van der Waals surface area contributed by atoms with Gasteiger partial charge < -0.3 is 20.9 Å². The van der Waals surface area contributed by atoms with E-state index in [0.717, 1.165) is 60.8 Å². The molecule has 0 unspecified atom stereocenters. The number of hydrogen-bond acceptors (Lipinski definition) is 4. The van der Waals surface area contributed by atoms with E-state index in [2.05, 4.69) is 53.8 Å². The number of carbonyl (C=O) groups is 1. The van der Waals surface area contributed by atoms with E-state index in [1.54, 1.807) is 6.20 Å². The Morgan fingerprint density at radius 1 is 1.07 bits per heavy atom. The van der Waals surface area contributed by atoms with Crippen molar-refractivity contribution in [1.82, 2.24) is 4.90 Å². The highest BCUT2D eigenvalue weighted by molar-refractivity contribution is 6.32. The molecule has 0 fully saturated rings. The molecule has 154 valence electrons. The third-order valence-corrected chi connectivity index (χ3v) is 5.51. The number of hydrogen-bond donors (Lipinski definition) is 3. The third-order valence-electron chi connectivity index (χ3n) is 5.51. The number of aryl methyl sites for hydroxylation is 2. The van der Waals surface area contributed by atoms with E-state index in [0.29, 0.717) is 5.57 Å². The molecule has 0 bridgehead atoms. The monoisotopic (exact) mass is 392 g/mol. The average Bonchev–Trinajstić information content (AvgIpc) is 3.04. The van der Waals surface area contributed by atoms with Crippen LogP contribution in [0.5, 0.6) is 0 Å². The molecule has 0 spiro atoms. The van der Waals surface area contributed by atoms with Gasteiger partial charge in [0.25, 0.3) is 5.91 Å². The predicted octanol–water partition coefficient (Wildman–Crippen LogP) is 4.85. The van der Waals surface area contributed by atoms with Crippen LogP contribution < -0.4 is 16.0 Å². The van der Waals surface area contributed by atoms with Gasteiger partial charge in [-0.25, -0.2) is 0 Å². The van der Waals surface area contributed by atoms with Gasteiger partial charge in [-0.15, -0.1) is 0 Å². The lowest BCUT2D eigenvalue weighted by atomic mass is 10.0. The van der Waals surface area contributed by atoms with Crippen LogP contribution in [0, 0.1) is 13.8 Å². The molecule has 0 saturated carbocycles. The van der Waals surface area contributed by atoms with E-state index in [1.807, 2.05) is 31.2 Å². The van der Waals surface area contributed by atoms with Crippen molar-refractivity contribution in [3.8, 4) is 0 Å². The minimum Gasteiger partial charge on any atom is -0.385 e. The zero-order chi connectivity index (χ0) is 20.8. The van der Waals surface area contributed by atoms with Crippen LogP contribution in [0.2, 0.25) is 0 Å². The standard InChI is InChI=1S/C24H32N4O/c1-5-28(6-2)14-8-13-25-21-12-11-19(15-18(21)4)26-16-20-23-17(3)9-7-10-22(23)27-24(20)29/h7,9-12,15-16,25-26H,5-6,8,13-14H2,1-4H3,(H,27,29)/b20-16-. The van der Waals surface area contributed by atoms with Gasteiger partial charge in [-0.1, -0.05) is 26.0 Å². The molecule has 2 aromatic carbocycles. The summed E-state index contributed by atoms with van der Waals surface area (Å²) in [5.41, 5.74) is 6.94. The van der Waals surface area contributed by atoms with Crippen molar-refractivity contribution in [1.29, 1.82) is 0 Å². The fraction of sp³-hybridized carbons (Fsp3) is 0.375. The van der Waals surface area contributed by atoms with Crippen LogP contribution in [0.3, 0.4) is 0 Å². The van der Waals surface area contributed by atoms with Gasteiger partial charge in [-0.2, -0.15) is 0 Å². The van der Waals surface area contributed by atoms with Crippen LogP contribution in [0.25, 0.3) is 5.57 Å². The van der Waals surface area contributed by atoms with Crippen LogP contribution in [-0.4, -0.2) is 37.0 Å². The van der Waals surface area contributed by atoms with Gasteiger partial charge in [0.2, 0.25) is 0 Å². The Bertz CT molecular complexity index is 900. The summed E-state index contributed by atoms with van der Waals surface area (Å²) in [4.78, 5) is 14.8. The molecule has 1 heterocycles. The van der Waals surface area contributed by atoms with Gasteiger partial charge in [0.1, 0.15) is 0 Å². The molecule has 5 nitrogen and oxygen atoms in total. The molecule has 1 amide bonds. The molecule has 3 rings (SSSR count). The number of anilines is 3. The van der Waals surface area contributed by atoms with Gasteiger partial charge in [0.15, 0.2) is 0 Å². The maximum Gasteiger partial charge on any atom is 0.257 e. The highest BCUT2D eigenvalue weighted by Crippen LogP contribution is 2.34. The normalized spacial score (nSPS) is 14.2. The molecule has 29 heavy (non-hydrogen) atoms. The smallest absolute Gasteiger partial charge is 0.257 e. The van der Waals surface area contributed by atoms with E-state index in [9.17, 15) is 4.79 Å². The molecular formula is C24H32N4O. The summed E-state index contributed by atoms with van der Waals surface area (Å²) in [6, 6.07) is 12.2. The van der Waals surface area contributed by atoms with Crippen molar-refractivity contribution in [3.63, 3.8) is 0 Å². The summed E-state index contributed by atoms with van der Waals surface area (Å²) in [7, 11) is 0. The molecule has 0 radical (unpaired) electrons. The lowest BCUT2D eigenvalue weighted by molar-refractivity contribution is -0.110. The number of nitrogens with one attached hydrogen (secondary N) is 3. The lowest BCUT2D eigenvalue weighted by Gasteiger charge is -2.18. The molecule has 5 heteroatoms. The SMILES string of the molecule is CCN(CC)CCCNc1ccc(N/C=C2\C(=O)Nc3cccc(C)c32)cc1C. The quantitative estimate of drug-likeness (QED) is 0.422. The largest absolute Gasteiger partial charge is 0.385 e. The number of nitrogens with zero attached hydrogens (tertiary/aromatic N) is 1. The van der Waals surface area contributed by atoms with Crippen LogP contribution in [-0.2, 0) is 4.79 Å². The maximum atomic E-state index is 12.3. The summed E-state index contributed by atoms with van der Waals surface area (Å²) in [6.45, 7) is 12.8. The van der Waals surface area contributed by atoms with Crippen molar-refractivity contribution < 1.29 is 4.79 Å². The van der Waals surface area contributed by atoms with E-state index < -0.39 is 0 Å². The van der Waals surface area contributed by atoms with E-state index in [1.165, 1.54) is 5.56 Å². The Morgan fingerprint density at radius 3 is 2.59 bits per heavy atom. The van der Waals surface area contributed by atoms with Crippen LogP contribution in [0.1, 0.15) is 37.0 Å². The second-order valence-corrected chi connectivity index (χ2v) is 7.49. The molecule has 0 aromatic heterocycles. The molecule has 1 aliphatic heterocycles. The topological polar surface area (TPSA) is 56.4 Å². The number of amides is 1. The van der Waals surface area contributed by atoms with Crippen molar-refractivity contribution in [2.45, 2.75) is 34.1 Å². The second kappa shape index (κ2) is 9.61. The van der Waals surface area contributed by atoms with Crippen molar-refractivity contribution >= 4 is 28.5 Å². The Balaban J connectivity index is 1.62. The summed E-state index contributed by atoms with van der Waals surface area (Å²) in [5, 5.41) is 9.76. The van der Waals surface area contributed by atoms with Gasteiger partial charge >= 0.3 is 0 Å². The van der Waals surface area contributed by atoms with Crippen molar-refractivity contribution in [2.24, 2.45) is 0 Å². The molecule has 0 saturated heterocycles. The van der Waals surface area contributed by atoms with Gasteiger partial charge in [-0.3, -0.25) is 4.79 Å². The highest BCUT2D eigenvalue weighted by atomic mass is 16.2. The lowest BCUT2D eigenvalue weighted by Crippen LogP contribution is -2.25. The van der Waals surface area contributed by atoms with E-state index >= 15 is 0 Å². The van der Waals surface area contributed by atoms with Crippen molar-refractivity contribution in [3.05, 3.63) is 59.3 Å². The molecule has 3 N–H and O–H groups in total. The molecule has 0 aliphatic carbocycles. The first-order chi connectivity index (χ1) is 14.0. The van der Waals surface area contributed by atoms with Gasteiger partial charge in [0.05, 0.1) is 5.57 Å². The average molecular weight is 393 g/mol. The number of carbonyl (C=O) groups excluding carboxylic acids is 1. The first-order valence-electron chi connectivity index (χ1n) is 10.5. The maximum absolute atomic E-state index is 12.3. The number of fused-ring (bicyclic) bond motifs is 1. The van der Waals surface area contributed by atoms with Crippen LogP contribution in [0.4, 0.5) is 17.1 Å². The van der Waals surface area contributed by atoms with Gasteiger partial charge in [-0.05, 0) is 75.3 Å². The summed E-state index contributed by atoms with van der Waals surface area (Å²) in [6.07, 6.45) is 2.93. The minimum absolute atomic E-state index is 0.0648. The minimum atomic E-state index is -0.0648. The summed E-state index contributed by atoms with van der Waals surface area (Å²) in [5.74, 6) is -0.0648. The zero-order valence-corrected chi connectivity index (χ0v) is 17.9. The zero-order valence-electron chi connectivity index (χ0n) is 17.9. The molecule has 2 aromatic rings. The predicted molar refractivity (Wildman–Crippen MR) is 123 cm³/mol. The van der Waals surface area contributed by atoms with Crippen LogP contribution in [0.15, 0.2) is 42.6 Å². The number of rotatable bonds is 9. The van der Waals surface area contributed by atoms with Crippen molar-refractivity contribution in [2.75, 3.05) is 42.1 Å². The summed E-state index contributed by atoms with van der Waals surface area (Å²) < 4.78 is 0. The first kappa shape index (κ1) is 20.9. The molecule has 1 aliphatic rings. The fourth-order valence-electron chi connectivity index (χ4n) is 3.74. The molecule has 0 atom stereocenters. The Kier molecular flexibility index (Phi) is 6.94. The molecular weight excluding hydrogens is 360 g/mol. The second-order valence-electron chi connectivity index (χ2n) is 7.49. The highest BCUT2D eigenvalue weighted by Gasteiger charge is 2.25. The Labute approximate surface area is 174 Å². The third kappa shape index (κ3) is 4.98. The first-order valence-corrected chi connectivity index (χ1v) is 10.5. The fourth-order valence-corrected chi connectivity index (χ4v) is 3.74. The van der Waals surface area contributed by atoms with Gasteiger partial charge in [0, 0.05) is 35.4 Å². The summed E-state index contributed by atoms with van der Waals surface area (Å²) >= 11 is 0. The number of benzene rings is 2. The van der Waals surface area contributed by atoms with E-state index in [-0.39, 0.29) is 5.91 Å². The van der Waals surface area contributed by atoms with Crippen LogP contribution >= 0.6 is 0 Å². The van der Waals surface area contributed by atoms with E-state index in [4.69, 9.17) is 0 Å². The Hall–Kier alpha value is -2.79.